The van der Waals surface area contributed by atoms with Crippen LogP contribution in [0.2, 0.25) is 0 Å². The van der Waals surface area contributed by atoms with Crippen molar-refractivity contribution in [3.8, 4) is 11.1 Å². The maximum Gasteiger partial charge on any atom is 0.418 e. The molecule has 0 atom stereocenters. The van der Waals surface area contributed by atoms with Crippen LogP contribution in [-0.4, -0.2) is 38.4 Å². The third-order valence-corrected chi connectivity index (χ3v) is 6.96. The molecule has 6 rings (SSSR count). The molecule has 7 nitrogen and oxygen atoms in total. The van der Waals surface area contributed by atoms with E-state index in [-0.39, 0.29) is 33.7 Å². The fourth-order valence-corrected chi connectivity index (χ4v) is 5.14. The summed E-state index contributed by atoms with van der Waals surface area (Å²) in [4.78, 5) is 15.1. The van der Waals surface area contributed by atoms with Gasteiger partial charge in [0.2, 0.25) is 5.78 Å². The SMILES string of the molecule is Cc1nnc2c3c(c(C(F)(F)F)cn12)-c1cccn2c(C(=O)c4cc(F)c(N)c(F)c4)cc(c12)CCN3C. The van der Waals surface area contributed by atoms with Crippen molar-refractivity contribution >= 4 is 28.3 Å². The molecule has 1 aliphatic rings. The van der Waals surface area contributed by atoms with Gasteiger partial charge in [-0.05, 0) is 43.2 Å². The fraction of sp³-hybridized carbons (Fsp3) is 0.192. The Hall–Kier alpha value is -4.48. The summed E-state index contributed by atoms with van der Waals surface area (Å²) in [6, 6.07) is 6.33. The predicted octanol–water partition coefficient (Wildman–Crippen LogP) is 5.06. The molecule has 0 saturated heterocycles. The van der Waals surface area contributed by atoms with Gasteiger partial charge in [-0.15, -0.1) is 10.2 Å². The molecule has 194 valence electrons. The Labute approximate surface area is 211 Å². The minimum Gasteiger partial charge on any atom is -0.394 e. The number of hydrogen-bond donors (Lipinski definition) is 1. The summed E-state index contributed by atoms with van der Waals surface area (Å²) in [5.41, 5.74) is 5.24. The second-order valence-corrected chi connectivity index (χ2v) is 9.25. The van der Waals surface area contributed by atoms with Crippen molar-refractivity contribution < 1.29 is 26.7 Å². The first kappa shape index (κ1) is 23.9. The van der Waals surface area contributed by atoms with Gasteiger partial charge in [0.1, 0.15) is 23.1 Å². The zero-order valence-corrected chi connectivity index (χ0v) is 20.1. The summed E-state index contributed by atoms with van der Waals surface area (Å²) in [7, 11) is 1.68. The van der Waals surface area contributed by atoms with E-state index in [9.17, 15) is 26.7 Å². The summed E-state index contributed by atoms with van der Waals surface area (Å²) in [6.07, 6.45) is -1.81. The van der Waals surface area contributed by atoms with Gasteiger partial charge in [-0.1, -0.05) is 6.07 Å². The molecule has 0 unspecified atom stereocenters. The molecular formula is C26H19F5N6O. The molecule has 2 N–H and O–H groups in total. The average molecular weight is 526 g/mol. The largest absolute Gasteiger partial charge is 0.418 e. The number of nitrogens with two attached hydrogens (primary N) is 1. The van der Waals surface area contributed by atoms with Crippen LogP contribution >= 0.6 is 0 Å². The number of benzene rings is 1. The lowest BCUT2D eigenvalue weighted by Gasteiger charge is -2.28. The number of halogens is 5. The van der Waals surface area contributed by atoms with E-state index in [2.05, 4.69) is 10.2 Å². The van der Waals surface area contributed by atoms with Crippen LogP contribution in [0.25, 0.3) is 22.3 Å². The van der Waals surface area contributed by atoms with Crippen LogP contribution in [0.3, 0.4) is 0 Å². The smallest absolute Gasteiger partial charge is 0.394 e. The van der Waals surface area contributed by atoms with Gasteiger partial charge in [-0.3, -0.25) is 9.20 Å². The molecule has 5 aromatic rings. The van der Waals surface area contributed by atoms with Crippen LogP contribution < -0.4 is 10.6 Å². The normalized spacial score (nSPS) is 13.6. The van der Waals surface area contributed by atoms with Crippen LogP contribution in [0.1, 0.15) is 33.0 Å². The number of nitrogens with zero attached hydrogens (tertiary/aromatic N) is 5. The number of rotatable bonds is 2. The lowest BCUT2D eigenvalue weighted by molar-refractivity contribution is -0.137. The van der Waals surface area contributed by atoms with Gasteiger partial charge in [-0.25, -0.2) is 8.78 Å². The van der Waals surface area contributed by atoms with Crippen molar-refractivity contribution in [2.24, 2.45) is 0 Å². The second-order valence-electron chi connectivity index (χ2n) is 9.25. The fourth-order valence-electron chi connectivity index (χ4n) is 5.14. The molecule has 38 heavy (non-hydrogen) atoms. The van der Waals surface area contributed by atoms with Crippen LogP contribution in [0.5, 0.6) is 0 Å². The number of aryl methyl sites for hydroxylation is 1. The highest BCUT2D eigenvalue weighted by Crippen LogP contribution is 2.47. The van der Waals surface area contributed by atoms with Gasteiger partial charge in [0.15, 0.2) is 5.65 Å². The quantitative estimate of drug-likeness (QED) is 0.198. The maximum atomic E-state index is 14.5. The Morgan fingerprint density at radius 3 is 2.47 bits per heavy atom. The van der Waals surface area contributed by atoms with Crippen LogP contribution in [0.4, 0.5) is 33.3 Å². The summed E-state index contributed by atoms with van der Waals surface area (Å²) in [5, 5.41) is 8.14. The molecule has 0 bridgehead atoms. The van der Waals surface area contributed by atoms with E-state index in [1.165, 1.54) is 21.1 Å². The highest BCUT2D eigenvalue weighted by atomic mass is 19.4. The number of carbonyl (C=O) groups excluding carboxylic acids is 1. The van der Waals surface area contributed by atoms with Crippen molar-refractivity contribution in [1.82, 2.24) is 19.0 Å². The number of alkyl halides is 3. The van der Waals surface area contributed by atoms with E-state index in [1.807, 2.05) is 0 Å². The van der Waals surface area contributed by atoms with Crippen molar-refractivity contribution in [3.63, 3.8) is 0 Å². The number of nitrogen functional groups attached to an aromatic ring is 1. The molecule has 0 fully saturated rings. The van der Waals surface area contributed by atoms with Gasteiger partial charge in [-0.2, -0.15) is 13.2 Å². The average Bonchev–Trinajstić information content (AvgIpc) is 3.43. The molecule has 12 heteroatoms. The number of pyridine rings is 2. The Morgan fingerprint density at radius 1 is 1.08 bits per heavy atom. The van der Waals surface area contributed by atoms with E-state index in [4.69, 9.17) is 5.73 Å². The topological polar surface area (TPSA) is 80.9 Å². The minimum atomic E-state index is -4.72. The standard InChI is InChI=1S/C26H19F5N6O/c1-12-33-34-25-23-20(16(11-37(12)25)26(29,30)31)15-4-3-6-36-19(10-13(22(15)36)5-7-35(23)2)24(38)14-8-17(27)21(32)18(28)9-14/h3-4,6,8-11H,5,7,32H2,1-2H3. The lowest BCUT2D eigenvalue weighted by Crippen LogP contribution is -2.25. The van der Waals surface area contributed by atoms with E-state index in [0.717, 1.165) is 18.3 Å². The summed E-state index contributed by atoms with van der Waals surface area (Å²) >= 11 is 0. The van der Waals surface area contributed by atoms with Crippen LogP contribution in [0, 0.1) is 18.6 Å². The predicted molar refractivity (Wildman–Crippen MR) is 130 cm³/mol. The first-order valence-electron chi connectivity index (χ1n) is 11.6. The van der Waals surface area contributed by atoms with Gasteiger partial charge in [0, 0.05) is 42.7 Å². The van der Waals surface area contributed by atoms with Gasteiger partial charge in [0.25, 0.3) is 0 Å². The summed E-state index contributed by atoms with van der Waals surface area (Å²) < 4.78 is 74.6. The maximum absolute atomic E-state index is 14.5. The highest BCUT2D eigenvalue weighted by Gasteiger charge is 2.39. The summed E-state index contributed by atoms with van der Waals surface area (Å²) in [6.45, 7) is 1.88. The van der Waals surface area contributed by atoms with Gasteiger partial charge < -0.3 is 15.0 Å². The number of aromatic nitrogens is 4. The zero-order valence-electron chi connectivity index (χ0n) is 20.1. The molecule has 0 aliphatic carbocycles. The molecule has 4 aromatic heterocycles. The number of anilines is 2. The van der Waals surface area contributed by atoms with E-state index < -0.39 is 34.8 Å². The van der Waals surface area contributed by atoms with Gasteiger partial charge in [0.05, 0.1) is 22.5 Å². The Morgan fingerprint density at radius 2 is 1.79 bits per heavy atom. The molecule has 1 aliphatic heterocycles. The second kappa shape index (κ2) is 8.01. The first-order chi connectivity index (χ1) is 18.0. The molecular weight excluding hydrogens is 507 g/mol. The van der Waals surface area contributed by atoms with Crippen molar-refractivity contribution in [3.05, 3.63) is 82.6 Å². The Balaban J connectivity index is 1.68. The first-order valence-corrected chi connectivity index (χ1v) is 11.6. The Kier molecular flexibility index (Phi) is 5.03. The molecule has 1 aromatic carbocycles. The van der Waals surface area contributed by atoms with E-state index in [1.54, 1.807) is 31.0 Å². The van der Waals surface area contributed by atoms with E-state index in [0.29, 0.717) is 29.9 Å². The number of carbonyl (C=O) groups is 1. The van der Waals surface area contributed by atoms with E-state index >= 15 is 0 Å². The third kappa shape index (κ3) is 3.36. The molecule has 0 radical (unpaired) electrons. The Bertz CT molecular complexity index is 1780. The molecule has 5 heterocycles. The number of hydrogen-bond acceptors (Lipinski definition) is 5. The number of ketones is 1. The third-order valence-electron chi connectivity index (χ3n) is 6.96. The van der Waals surface area contributed by atoms with Gasteiger partial charge >= 0.3 is 6.18 Å². The molecule has 0 amide bonds. The lowest BCUT2D eigenvalue weighted by atomic mass is 9.94. The van der Waals surface area contributed by atoms with Crippen LogP contribution in [-0.2, 0) is 12.6 Å². The van der Waals surface area contributed by atoms with Crippen molar-refractivity contribution in [2.75, 3.05) is 24.2 Å². The number of likely N-dealkylation sites (N-methyl/N-ethyl adjacent to an activating group) is 1. The molecule has 0 saturated carbocycles. The highest BCUT2D eigenvalue weighted by molar-refractivity contribution is 6.10. The van der Waals surface area contributed by atoms with Crippen molar-refractivity contribution in [1.29, 1.82) is 0 Å². The zero-order chi connectivity index (χ0) is 27.1. The number of fused-ring (bicyclic) bond motifs is 4. The monoisotopic (exact) mass is 526 g/mol. The van der Waals surface area contributed by atoms with Crippen molar-refractivity contribution in [2.45, 2.75) is 19.5 Å². The summed E-state index contributed by atoms with van der Waals surface area (Å²) in [5.74, 6) is -2.55. The van der Waals surface area contributed by atoms with Crippen LogP contribution in [0.15, 0.2) is 42.7 Å². The molecule has 0 spiro atoms. The minimum absolute atomic E-state index is 0.0551.